The van der Waals surface area contributed by atoms with Crippen molar-refractivity contribution in [2.24, 2.45) is 5.92 Å². The summed E-state index contributed by atoms with van der Waals surface area (Å²) in [5.41, 5.74) is 2.74. The summed E-state index contributed by atoms with van der Waals surface area (Å²) in [6, 6.07) is 8.86. The van der Waals surface area contributed by atoms with Crippen molar-refractivity contribution in [1.29, 1.82) is 0 Å². The van der Waals surface area contributed by atoms with Crippen LogP contribution in [0.3, 0.4) is 0 Å². The van der Waals surface area contributed by atoms with Crippen molar-refractivity contribution in [2.75, 3.05) is 19.6 Å². The van der Waals surface area contributed by atoms with Crippen LogP contribution in [0.2, 0.25) is 0 Å². The molecule has 2 nitrogen and oxygen atoms in total. The molecule has 1 aliphatic rings. The maximum Gasteiger partial charge on any atom is 0.0596 e. The molecular weight excluding hydrogens is 222 g/mol. The zero-order valence-corrected chi connectivity index (χ0v) is 11.6. The third kappa shape index (κ3) is 3.33. The Morgan fingerprint density at radius 3 is 2.44 bits per heavy atom. The SMILES string of the molecule is CCc1ccc(CC2CN(CC)CCC2O)cc1. The van der Waals surface area contributed by atoms with E-state index in [1.165, 1.54) is 11.1 Å². The Labute approximate surface area is 111 Å². The molecule has 1 N–H and O–H groups in total. The van der Waals surface area contributed by atoms with Gasteiger partial charge in [0.15, 0.2) is 0 Å². The third-order valence-electron chi connectivity index (χ3n) is 4.15. The van der Waals surface area contributed by atoms with Crippen LogP contribution in [-0.4, -0.2) is 35.7 Å². The van der Waals surface area contributed by atoms with Gasteiger partial charge in [0.2, 0.25) is 0 Å². The van der Waals surface area contributed by atoms with Crippen LogP contribution in [0.25, 0.3) is 0 Å². The van der Waals surface area contributed by atoms with E-state index in [0.717, 1.165) is 38.9 Å². The van der Waals surface area contributed by atoms with E-state index in [0.29, 0.717) is 5.92 Å². The fourth-order valence-corrected chi connectivity index (χ4v) is 2.80. The molecule has 0 radical (unpaired) electrons. The number of nitrogens with zero attached hydrogens (tertiary/aromatic N) is 1. The minimum Gasteiger partial charge on any atom is -0.393 e. The molecule has 18 heavy (non-hydrogen) atoms. The zero-order valence-electron chi connectivity index (χ0n) is 11.6. The van der Waals surface area contributed by atoms with E-state index in [4.69, 9.17) is 0 Å². The van der Waals surface area contributed by atoms with Gasteiger partial charge in [-0.05, 0) is 36.9 Å². The predicted octanol–water partition coefficient (Wildman–Crippen LogP) is 2.49. The minimum absolute atomic E-state index is 0.126. The first-order valence-electron chi connectivity index (χ1n) is 7.21. The molecule has 2 rings (SSSR count). The largest absolute Gasteiger partial charge is 0.393 e. The van der Waals surface area contributed by atoms with E-state index in [1.54, 1.807) is 0 Å². The van der Waals surface area contributed by atoms with Gasteiger partial charge in [-0.25, -0.2) is 0 Å². The van der Waals surface area contributed by atoms with Crippen molar-refractivity contribution < 1.29 is 5.11 Å². The number of piperidine rings is 1. The average molecular weight is 247 g/mol. The molecule has 0 amide bonds. The quantitative estimate of drug-likeness (QED) is 0.883. The Kier molecular flexibility index (Phi) is 4.79. The van der Waals surface area contributed by atoms with Crippen LogP contribution in [-0.2, 0) is 12.8 Å². The van der Waals surface area contributed by atoms with E-state index in [2.05, 4.69) is 43.0 Å². The summed E-state index contributed by atoms with van der Waals surface area (Å²) in [6.07, 6.45) is 2.89. The van der Waals surface area contributed by atoms with E-state index in [-0.39, 0.29) is 6.10 Å². The molecule has 0 spiro atoms. The lowest BCUT2D eigenvalue weighted by Gasteiger charge is -2.35. The summed E-state index contributed by atoms with van der Waals surface area (Å²) in [5.74, 6) is 0.395. The highest BCUT2D eigenvalue weighted by Crippen LogP contribution is 2.21. The number of hydrogen-bond donors (Lipinski definition) is 1. The number of aryl methyl sites for hydroxylation is 1. The van der Waals surface area contributed by atoms with E-state index < -0.39 is 0 Å². The number of aliphatic hydroxyl groups excluding tert-OH is 1. The van der Waals surface area contributed by atoms with Crippen LogP contribution >= 0.6 is 0 Å². The zero-order chi connectivity index (χ0) is 13.0. The van der Waals surface area contributed by atoms with Crippen molar-refractivity contribution in [3.8, 4) is 0 Å². The Morgan fingerprint density at radius 1 is 1.17 bits per heavy atom. The molecular formula is C16H25NO. The van der Waals surface area contributed by atoms with Gasteiger partial charge in [0.25, 0.3) is 0 Å². The Morgan fingerprint density at radius 2 is 1.83 bits per heavy atom. The molecule has 2 atom stereocenters. The standard InChI is InChI=1S/C16H25NO/c1-3-13-5-7-14(8-6-13)11-15-12-17(4-2)10-9-16(15)18/h5-8,15-16,18H,3-4,9-12H2,1-2H3. The number of rotatable bonds is 4. The Bertz CT molecular complexity index is 360. The second kappa shape index (κ2) is 6.35. The van der Waals surface area contributed by atoms with Gasteiger partial charge in [-0.2, -0.15) is 0 Å². The van der Waals surface area contributed by atoms with Gasteiger partial charge < -0.3 is 10.0 Å². The van der Waals surface area contributed by atoms with Gasteiger partial charge in [0, 0.05) is 19.0 Å². The lowest BCUT2D eigenvalue weighted by molar-refractivity contribution is 0.0290. The Hall–Kier alpha value is -0.860. The van der Waals surface area contributed by atoms with Crippen molar-refractivity contribution >= 4 is 0 Å². The smallest absolute Gasteiger partial charge is 0.0596 e. The summed E-state index contributed by atoms with van der Waals surface area (Å²) in [5, 5.41) is 10.1. The number of hydrogen-bond acceptors (Lipinski definition) is 2. The van der Waals surface area contributed by atoms with Gasteiger partial charge >= 0.3 is 0 Å². The molecule has 100 valence electrons. The van der Waals surface area contributed by atoms with Crippen molar-refractivity contribution in [2.45, 2.75) is 39.2 Å². The lowest BCUT2D eigenvalue weighted by atomic mass is 9.88. The summed E-state index contributed by atoms with van der Waals surface area (Å²) >= 11 is 0. The van der Waals surface area contributed by atoms with Gasteiger partial charge in [0.1, 0.15) is 0 Å². The monoisotopic (exact) mass is 247 g/mol. The molecule has 1 aromatic rings. The fourth-order valence-electron chi connectivity index (χ4n) is 2.80. The van der Waals surface area contributed by atoms with Gasteiger partial charge in [0.05, 0.1) is 6.10 Å². The summed E-state index contributed by atoms with van der Waals surface area (Å²) in [6.45, 7) is 7.55. The number of benzene rings is 1. The molecule has 1 saturated heterocycles. The van der Waals surface area contributed by atoms with E-state index >= 15 is 0 Å². The van der Waals surface area contributed by atoms with Gasteiger partial charge in [-0.1, -0.05) is 38.1 Å². The molecule has 1 heterocycles. The highest BCUT2D eigenvalue weighted by molar-refractivity contribution is 5.23. The highest BCUT2D eigenvalue weighted by atomic mass is 16.3. The first-order chi connectivity index (χ1) is 8.72. The molecule has 0 aliphatic carbocycles. The summed E-state index contributed by atoms with van der Waals surface area (Å²) < 4.78 is 0. The van der Waals surface area contributed by atoms with Crippen LogP contribution in [0.4, 0.5) is 0 Å². The molecule has 1 fully saturated rings. The Balaban J connectivity index is 1.97. The van der Waals surface area contributed by atoms with Gasteiger partial charge in [-0.15, -0.1) is 0 Å². The summed E-state index contributed by atoms with van der Waals surface area (Å²) in [7, 11) is 0. The minimum atomic E-state index is -0.126. The second-order valence-corrected chi connectivity index (χ2v) is 5.38. The van der Waals surface area contributed by atoms with Crippen molar-refractivity contribution in [1.82, 2.24) is 4.90 Å². The second-order valence-electron chi connectivity index (χ2n) is 5.38. The van der Waals surface area contributed by atoms with Crippen LogP contribution < -0.4 is 0 Å². The summed E-state index contributed by atoms with van der Waals surface area (Å²) in [4.78, 5) is 2.44. The molecule has 0 bridgehead atoms. The van der Waals surface area contributed by atoms with Crippen molar-refractivity contribution in [3.05, 3.63) is 35.4 Å². The van der Waals surface area contributed by atoms with Crippen molar-refractivity contribution in [3.63, 3.8) is 0 Å². The first-order valence-corrected chi connectivity index (χ1v) is 7.21. The number of aliphatic hydroxyl groups is 1. The van der Waals surface area contributed by atoms with Crippen LogP contribution in [0.1, 0.15) is 31.4 Å². The molecule has 1 aromatic carbocycles. The predicted molar refractivity (Wildman–Crippen MR) is 75.8 cm³/mol. The van der Waals surface area contributed by atoms with Crippen LogP contribution in [0, 0.1) is 5.92 Å². The molecule has 0 aromatic heterocycles. The molecule has 2 heteroatoms. The lowest BCUT2D eigenvalue weighted by Crippen LogP contribution is -2.43. The normalized spacial score (nSPS) is 25.3. The average Bonchev–Trinajstić information content (AvgIpc) is 2.42. The van der Waals surface area contributed by atoms with E-state index in [9.17, 15) is 5.11 Å². The molecule has 1 aliphatic heterocycles. The van der Waals surface area contributed by atoms with Crippen LogP contribution in [0.15, 0.2) is 24.3 Å². The highest BCUT2D eigenvalue weighted by Gasteiger charge is 2.26. The van der Waals surface area contributed by atoms with Gasteiger partial charge in [-0.3, -0.25) is 0 Å². The van der Waals surface area contributed by atoms with Crippen LogP contribution in [0.5, 0.6) is 0 Å². The molecule has 2 unspecified atom stereocenters. The molecule has 0 saturated carbocycles. The maximum atomic E-state index is 10.1. The fraction of sp³-hybridized carbons (Fsp3) is 0.625. The third-order valence-corrected chi connectivity index (χ3v) is 4.15. The maximum absolute atomic E-state index is 10.1. The number of likely N-dealkylation sites (tertiary alicyclic amines) is 1. The van der Waals surface area contributed by atoms with E-state index in [1.807, 2.05) is 0 Å². The topological polar surface area (TPSA) is 23.5 Å². The first kappa shape index (κ1) is 13.6.